The zero-order valence-corrected chi connectivity index (χ0v) is 17.1. The molecule has 0 radical (unpaired) electrons. The number of carbonyl (C=O) groups is 1. The smallest absolute Gasteiger partial charge is 0.286 e. The van der Waals surface area contributed by atoms with E-state index in [-0.39, 0.29) is 10.8 Å². The van der Waals surface area contributed by atoms with E-state index in [1.165, 1.54) is 6.07 Å². The van der Waals surface area contributed by atoms with Gasteiger partial charge in [-0.05, 0) is 55.5 Å². The molecule has 2 aromatic rings. The lowest BCUT2D eigenvalue weighted by molar-refractivity contribution is 0.102. The molecule has 2 aliphatic heterocycles. The molecule has 28 heavy (non-hydrogen) atoms. The van der Waals surface area contributed by atoms with E-state index in [0.29, 0.717) is 29.2 Å². The molecule has 8 heteroatoms. The Morgan fingerprint density at radius 3 is 2.82 bits per heavy atom. The number of carbonyl (C=O) groups excluding carboxylic acids is 1. The molecule has 1 N–H and O–H groups in total. The molecule has 0 spiro atoms. The number of hydrogen-bond acceptors (Lipinski definition) is 5. The van der Waals surface area contributed by atoms with Crippen LogP contribution in [-0.4, -0.2) is 33.0 Å². The maximum atomic E-state index is 12.7. The van der Waals surface area contributed by atoms with Crippen LogP contribution in [0.5, 0.6) is 0 Å². The number of amides is 1. The Balaban J connectivity index is 1.66. The summed E-state index contributed by atoms with van der Waals surface area (Å²) >= 11 is 1.59. The minimum atomic E-state index is -3.81. The molecule has 1 saturated heterocycles. The molecule has 2 heterocycles. The van der Waals surface area contributed by atoms with Crippen molar-refractivity contribution >= 4 is 44.9 Å². The van der Waals surface area contributed by atoms with Crippen molar-refractivity contribution in [2.75, 3.05) is 23.0 Å². The average Bonchev–Trinajstić information content (AvgIpc) is 2.92. The summed E-state index contributed by atoms with van der Waals surface area (Å²) in [5.41, 5.74) is 1.59. The SMILES string of the molecule is CSc1cccc(NC(=O)c2ccc3c(c2)S(=O)(=O)N=C2CCCCCN23)c1. The second-order valence-corrected chi connectivity index (χ2v) is 9.27. The van der Waals surface area contributed by atoms with Gasteiger partial charge in [0, 0.05) is 29.1 Å². The molecule has 146 valence electrons. The highest BCUT2D eigenvalue weighted by Crippen LogP contribution is 2.35. The molecule has 6 nitrogen and oxygen atoms in total. The summed E-state index contributed by atoms with van der Waals surface area (Å²) < 4.78 is 29.4. The van der Waals surface area contributed by atoms with Crippen molar-refractivity contribution in [1.29, 1.82) is 0 Å². The Labute approximate surface area is 169 Å². The zero-order valence-electron chi connectivity index (χ0n) is 15.5. The van der Waals surface area contributed by atoms with Crippen LogP contribution in [0.2, 0.25) is 0 Å². The van der Waals surface area contributed by atoms with Gasteiger partial charge in [-0.2, -0.15) is 8.42 Å². The van der Waals surface area contributed by atoms with Gasteiger partial charge in [-0.3, -0.25) is 4.79 Å². The Bertz CT molecular complexity index is 1060. The van der Waals surface area contributed by atoms with Gasteiger partial charge in [-0.25, -0.2) is 0 Å². The number of rotatable bonds is 3. The number of sulfonamides is 1. The monoisotopic (exact) mass is 415 g/mol. The number of anilines is 2. The number of nitrogens with zero attached hydrogens (tertiary/aromatic N) is 2. The van der Waals surface area contributed by atoms with E-state index in [1.54, 1.807) is 30.0 Å². The Hall–Kier alpha value is -2.32. The fraction of sp³-hybridized carbons (Fsp3) is 0.300. The maximum Gasteiger partial charge on any atom is 0.286 e. The molecule has 0 aliphatic carbocycles. The summed E-state index contributed by atoms with van der Waals surface area (Å²) in [4.78, 5) is 15.8. The van der Waals surface area contributed by atoms with Crippen LogP contribution in [0.15, 0.2) is 56.7 Å². The fourth-order valence-electron chi connectivity index (χ4n) is 3.53. The average molecular weight is 416 g/mol. The van der Waals surface area contributed by atoms with E-state index < -0.39 is 10.0 Å². The van der Waals surface area contributed by atoms with Crippen LogP contribution in [0, 0.1) is 0 Å². The van der Waals surface area contributed by atoms with E-state index in [0.717, 1.165) is 30.7 Å². The molecular weight excluding hydrogens is 394 g/mol. The van der Waals surface area contributed by atoms with Crippen molar-refractivity contribution in [3.05, 3.63) is 48.0 Å². The highest BCUT2D eigenvalue weighted by atomic mass is 32.2. The van der Waals surface area contributed by atoms with Gasteiger partial charge in [0.2, 0.25) is 0 Å². The molecule has 0 saturated carbocycles. The van der Waals surface area contributed by atoms with Crippen molar-refractivity contribution in [1.82, 2.24) is 0 Å². The summed E-state index contributed by atoms with van der Waals surface area (Å²) in [5.74, 6) is 0.262. The van der Waals surface area contributed by atoms with E-state index in [2.05, 4.69) is 9.71 Å². The first kappa shape index (κ1) is 19.0. The predicted octanol–water partition coefficient (Wildman–Crippen LogP) is 4.14. The Morgan fingerprint density at radius 2 is 2.00 bits per heavy atom. The molecule has 0 aromatic heterocycles. The Kier molecular flexibility index (Phi) is 5.16. The van der Waals surface area contributed by atoms with Crippen molar-refractivity contribution in [2.24, 2.45) is 4.40 Å². The molecule has 4 rings (SSSR count). The minimum Gasteiger partial charge on any atom is -0.328 e. The fourth-order valence-corrected chi connectivity index (χ4v) is 5.27. The van der Waals surface area contributed by atoms with Gasteiger partial charge in [-0.1, -0.05) is 12.5 Å². The second kappa shape index (κ2) is 7.60. The minimum absolute atomic E-state index is 0.101. The molecule has 1 amide bonds. The van der Waals surface area contributed by atoms with Crippen molar-refractivity contribution < 1.29 is 13.2 Å². The molecular formula is C20H21N3O3S2. The van der Waals surface area contributed by atoms with Crippen LogP contribution in [0.1, 0.15) is 36.0 Å². The second-order valence-electron chi connectivity index (χ2n) is 6.81. The third kappa shape index (κ3) is 3.66. The molecule has 0 atom stereocenters. The quantitative estimate of drug-likeness (QED) is 0.762. The van der Waals surface area contributed by atoms with Crippen LogP contribution in [0.4, 0.5) is 11.4 Å². The lowest BCUT2D eigenvalue weighted by Gasteiger charge is -2.29. The first-order chi connectivity index (χ1) is 13.5. The molecule has 0 bridgehead atoms. The van der Waals surface area contributed by atoms with E-state index in [4.69, 9.17) is 0 Å². The lowest BCUT2D eigenvalue weighted by atomic mass is 10.1. The van der Waals surface area contributed by atoms with Gasteiger partial charge in [0.05, 0.1) is 5.69 Å². The standard InChI is InChI=1S/C20H21N3O3S2/c1-27-16-7-5-6-15(13-16)21-20(24)14-9-10-17-18(12-14)28(25,26)22-19-8-3-2-4-11-23(17)19/h5-7,9-10,12-13H,2-4,8,11H2,1H3,(H,21,24). The zero-order chi connectivity index (χ0) is 19.7. The lowest BCUT2D eigenvalue weighted by Crippen LogP contribution is -2.35. The van der Waals surface area contributed by atoms with Crippen molar-refractivity contribution in [3.8, 4) is 0 Å². The number of thioether (sulfide) groups is 1. The molecule has 2 aliphatic rings. The van der Waals surface area contributed by atoms with Crippen molar-refractivity contribution in [3.63, 3.8) is 0 Å². The van der Waals surface area contributed by atoms with Crippen LogP contribution in [0.25, 0.3) is 0 Å². The van der Waals surface area contributed by atoms with E-state index in [9.17, 15) is 13.2 Å². The Morgan fingerprint density at radius 1 is 1.14 bits per heavy atom. The van der Waals surface area contributed by atoms with Crippen LogP contribution < -0.4 is 10.2 Å². The first-order valence-electron chi connectivity index (χ1n) is 9.19. The van der Waals surface area contributed by atoms with E-state index >= 15 is 0 Å². The number of fused-ring (bicyclic) bond motifs is 3. The number of nitrogens with one attached hydrogen (secondary N) is 1. The van der Waals surface area contributed by atoms with Gasteiger partial charge in [0.25, 0.3) is 15.9 Å². The van der Waals surface area contributed by atoms with Crippen LogP contribution in [0.3, 0.4) is 0 Å². The predicted molar refractivity (Wildman–Crippen MR) is 113 cm³/mol. The summed E-state index contributed by atoms with van der Waals surface area (Å²) in [6.45, 7) is 0.744. The van der Waals surface area contributed by atoms with Gasteiger partial charge in [-0.15, -0.1) is 16.2 Å². The van der Waals surface area contributed by atoms with Gasteiger partial charge in [0.1, 0.15) is 10.7 Å². The third-order valence-corrected chi connectivity index (χ3v) is 7.00. The topological polar surface area (TPSA) is 78.8 Å². The summed E-state index contributed by atoms with van der Waals surface area (Å²) in [5, 5.41) is 2.84. The number of amidine groups is 1. The van der Waals surface area contributed by atoms with Gasteiger partial charge < -0.3 is 10.2 Å². The normalized spacial score (nSPS) is 17.8. The summed E-state index contributed by atoms with van der Waals surface area (Å²) in [6.07, 6.45) is 5.61. The summed E-state index contributed by atoms with van der Waals surface area (Å²) in [7, 11) is -3.81. The number of benzene rings is 2. The maximum absolute atomic E-state index is 12.7. The van der Waals surface area contributed by atoms with E-state index in [1.807, 2.05) is 29.4 Å². The van der Waals surface area contributed by atoms with Crippen LogP contribution >= 0.6 is 11.8 Å². The molecule has 2 aromatic carbocycles. The van der Waals surface area contributed by atoms with Crippen LogP contribution in [-0.2, 0) is 10.0 Å². The highest BCUT2D eigenvalue weighted by Gasteiger charge is 2.32. The molecule has 1 fully saturated rings. The number of hydrogen-bond donors (Lipinski definition) is 1. The highest BCUT2D eigenvalue weighted by molar-refractivity contribution is 7.98. The van der Waals surface area contributed by atoms with Gasteiger partial charge in [0.15, 0.2) is 0 Å². The summed E-state index contributed by atoms with van der Waals surface area (Å²) in [6, 6.07) is 12.3. The molecule has 0 unspecified atom stereocenters. The first-order valence-corrected chi connectivity index (χ1v) is 11.9. The third-order valence-electron chi connectivity index (χ3n) is 4.94. The van der Waals surface area contributed by atoms with Gasteiger partial charge >= 0.3 is 0 Å². The van der Waals surface area contributed by atoms with Crippen molar-refractivity contribution in [2.45, 2.75) is 35.5 Å². The largest absolute Gasteiger partial charge is 0.328 e.